The van der Waals surface area contributed by atoms with Gasteiger partial charge in [0.15, 0.2) is 5.78 Å². The van der Waals surface area contributed by atoms with E-state index in [1.165, 1.54) is 12.3 Å². The number of amidine groups is 1. The number of anilines is 1. The summed E-state index contributed by atoms with van der Waals surface area (Å²) in [6, 6.07) is 14.5. The highest BCUT2D eigenvalue weighted by Gasteiger charge is 2.20. The molecule has 1 amide bonds. The first-order chi connectivity index (χ1) is 16.4. The number of nitrogens with zero attached hydrogens (tertiary/aromatic N) is 2. The fourth-order valence-corrected chi connectivity index (χ4v) is 3.76. The Hall–Kier alpha value is -3.75. The van der Waals surface area contributed by atoms with Crippen LogP contribution in [0.2, 0.25) is 5.02 Å². The molecule has 1 aromatic heterocycles. The van der Waals surface area contributed by atoms with Crippen LogP contribution in [0.25, 0.3) is 0 Å². The van der Waals surface area contributed by atoms with Gasteiger partial charge in [-0.2, -0.15) is 0 Å². The zero-order chi connectivity index (χ0) is 24.1. The monoisotopic (exact) mass is 494 g/mol. The Bertz CT molecular complexity index is 1210. The minimum Gasteiger partial charge on any atom is -0.508 e. The average Bonchev–Trinajstić information content (AvgIpc) is 2.86. The van der Waals surface area contributed by atoms with E-state index in [2.05, 4.69) is 10.3 Å². The van der Waals surface area contributed by atoms with Gasteiger partial charge in [-0.05, 0) is 24.3 Å². The molecule has 8 nitrogen and oxygen atoms in total. The van der Waals surface area contributed by atoms with Crippen molar-refractivity contribution in [3.63, 3.8) is 0 Å². The lowest BCUT2D eigenvalue weighted by atomic mass is 9.96. The van der Waals surface area contributed by atoms with Gasteiger partial charge in [0.25, 0.3) is 5.91 Å². The fourth-order valence-electron chi connectivity index (χ4n) is 3.65. The van der Waals surface area contributed by atoms with Gasteiger partial charge in [0, 0.05) is 48.0 Å². The number of phenols is 1. The Kier molecular flexibility index (Phi) is 8.57. The number of nitrogens with one attached hydrogen (secondary N) is 2. The maximum Gasteiger partial charge on any atom is 0.257 e. The Morgan fingerprint density at radius 3 is 2.40 bits per heavy atom. The molecule has 0 aliphatic carbocycles. The maximum absolute atomic E-state index is 13.0. The number of ether oxygens (including phenoxy) is 1. The van der Waals surface area contributed by atoms with Crippen molar-refractivity contribution in [1.82, 2.24) is 9.88 Å². The van der Waals surface area contributed by atoms with Gasteiger partial charge < -0.3 is 20.1 Å². The molecule has 1 saturated heterocycles. The number of aromatic nitrogens is 1. The number of benzene rings is 2. The molecule has 3 aromatic rings. The topological polar surface area (TPSA) is 116 Å². The molecule has 2 heterocycles. The molecule has 0 bridgehead atoms. The van der Waals surface area contributed by atoms with Crippen LogP contribution in [-0.4, -0.2) is 58.8 Å². The number of carbonyl (C=O) groups excluding carboxylic acids is 2. The predicted octanol–water partition coefficient (Wildman–Crippen LogP) is 4.41. The largest absolute Gasteiger partial charge is 0.508 e. The third kappa shape index (κ3) is 6.23. The molecule has 0 radical (unpaired) electrons. The number of amides is 1. The number of aromatic hydroxyl groups is 1. The first-order valence-corrected chi connectivity index (χ1v) is 11.1. The smallest absolute Gasteiger partial charge is 0.257 e. The van der Waals surface area contributed by atoms with E-state index in [0.29, 0.717) is 54.1 Å². The van der Waals surface area contributed by atoms with Gasteiger partial charge >= 0.3 is 0 Å². The summed E-state index contributed by atoms with van der Waals surface area (Å²) in [7, 11) is 0. The number of phenolic OH excluding ortho intramolecular Hbond substituents is 1. The number of hydrogen-bond acceptors (Lipinski definition) is 6. The van der Waals surface area contributed by atoms with Crippen LogP contribution in [0.4, 0.5) is 5.82 Å². The zero-order valence-electron chi connectivity index (χ0n) is 18.3. The second-order valence-corrected chi connectivity index (χ2v) is 8.18. The van der Waals surface area contributed by atoms with Gasteiger partial charge in [-0.3, -0.25) is 15.0 Å². The van der Waals surface area contributed by atoms with Crippen LogP contribution in [0.1, 0.15) is 39.3 Å². The highest BCUT2D eigenvalue weighted by Crippen LogP contribution is 2.24. The Balaban J connectivity index is 0.00000342. The number of halogens is 1. The molecule has 0 atom stereocenters. The van der Waals surface area contributed by atoms with Gasteiger partial charge in [0.1, 0.15) is 17.4 Å². The molecule has 2 aromatic carbocycles. The number of morpholine rings is 1. The van der Waals surface area contributed by atoms with Crippen molar-refractivity contribution in [1.29, 1.82) is 5.41 Å². The molecule has 0 saturated carbocycles. The molecule has 1 aliphatic heterocycles. The predicted molar refractivity (Wildman–Crippen MR) is 136 cm³/mol. The van der Waals surface area contributed by atoms with Crippen LogP contribution in [0.15, 0.2) is 60.8 Å². The molecule has 1 fully saturated rings. The molecular formula is C26H27ClN4O4. The lowest BCUT2D eigenvalue weighted by Gasteiger charge is -2.29. The van der Waals surface area contributed by atoms with Crippen molar-refractivity contribution < 1.29 is 19.4 Å². The van der Waals surface area contributed by atoms with Gasteiger partial charge in [0.2, 0.25) is 0 Å². The van der Waals surface area contributed by atoms with E-state index in [-0.39, 0.29) is 36.5 Å². The van der Waals surface area contributed by atoms with E-state index in [1.54, 1.807) is 48.5 Å². The number of ketones is 1. The number of carbonyl (C=O) groups is 2. The number of hydrogen-bond donors (Lipinski definition) is 3. The second-order valence-electron chi connectivity index (χ2n) is 7.74. The van der Waals surface area contributed by atoms with E-state index in [0.717, 1.165) is 0 Å². The Labute approximate surface area is 209 Å². The second kappa shape index (κ2) is 11.6. The number of Topliss-reactive ketones (excluding diaryl/α,β-unsaturated/α-hetero) is 1. The molecule has 0 spiro atoms. The van der Waals surface area contributed by atoms with E-state index in [1.807, 2.05) is 4.90 Å². The third-order valence-corrected chi connectivity index (χ3v) is 5.73. The van der Waals surface area contributed by atoms with E-state index >= 15 is 0 Å². The van der Waals surface area contributed by atoms with Gasteiger partial charge in [-0.25, -0.2) is 4.98 Å². The normalized spacial score (nSPS) is 13.0. The summed E-state index contributed by atoms with van der Waals surface area (Å²) in [5.74, 6) is -0.214. The van der Waals surface area contributed by atoms with Crippen molar-refractivity contribution in [3.05, 3.63) is 88.1 Å². The van der Waals surface area contributed by atoms with Crippen LogP contribution in [0.3, 0.4) is 0 Å². The lowest BCUT2D eigenvalue weighted by Crippen LogP contribution is -2.40. The molecule has 182 valence electrons. The van der Waals surface area contributed by atoms with E-state index < -0.39 is 5.91 Å². The molecule has 1 aliphatic rings. The average molecular weight is 495 g/mol. The third-order valence-electron chi connectivity index (χ3n) is 5.51. The summed E-state index contributed by atoms with van der Waals surface area (Å²) in [4.78, 5) is 31.8. The van der Waals surface area contributed by atoms with Gasteiger partial charge in [-0.15, -0.1) is 0 Å². The highest BCUT2D eigenvalue weighted by atomic mass is 35.5. The summed E-state index contributed by atoms with van der Waals surface area (Å²) < 4.78 is 5.33. The van der Waals surface area contributed by atoms with E-state index in [4.69, 9.17) is 21.7 Å². The minimum atomic E-state index is -0.497. The molecule has 35 heavy (non-hydrogen) atoms. The van der Waals surface area contributed by atoms with Crippen LogP contribution >= 0.6 is 11.6 Å². The van der Waals surface area contributed by atoms with Crippen molar-refractivity contribution >= 4 is 34.9 Å². The molecule has 3 N–H and O–H groups in total. The van der Waals surface area contributed by atoms with Crippen LogP contribution in [0, 0.1) is 5.41 Å². The molecular weight excluding hydrogens is 468 g/mol. The number of rotatable bonds is 6. The van der Waals surface area contributed by atoms with Crippen molar-refractivity contribution in [2.75, 3.05) is 31.6 Å². The zero-order valence-corrected chi connectivity index (χ0v) is 19.0. The fraction of sp³-hybridized carbons (Fsp3) is 0.231. The van der Waals surface area contributed by atoms with Crippen molar-refractivity contribution in [2.24, 2.45) is 0 Å². The molecule has 0 unspecified atom stereocenters. The first kappa shape index (κ1) is 25.9. The number of pyridine rings is 1. The standard InChI is InChI=1S/C25H23ClN4O4.CH4/c26-18-8-9-23(28-15-18)29-25(33)19-2-1-3-21(31)20(19)14-22(32)16-4-6-17(7-5-16)24(27)30-10-12-34-13-11-30;/h1-9,15,27,31H,10-14H2,(H,28,29,33);1H4. The molecule has 4 rings (SSSR count). The molecule has 9 heteroatoms. The summed E-state index contributed by atoms with van der Waals surface area (Å²) >= 11 is 5.83. The van der Waals surface area contributed by atoms with Gasteiger partial charge in [0.05, 0.1) is 18.2 Å². The maximum atomic E-state index is 13.0. The quantitative estimate of drug-likeness (QED) is 0.265. The van der Waals surface area contributed by atoms with E-state index in [9.17, 15) is 14.7 Å². The van der Waals surface area contributed by atoms with Crippen LogP contribution in [0.5, 0.6) is 5.75 Å². The van der Waals surface area contributed by atoms with Crippen molar-refractivity contribution in [2.45, 2.75) is 13.8 Å². The summed E-state index contributed by atoms with van der Waals surface area (Å²) in [5, 5.41) is 21.9. The first-order valence-electron chi connectivity index (χ1n) is 10.7. The summed E-state index contributed by atoms with van der Waals surface area (Å²) in [6.07, 6.45) is 1.25. The lowest BCUT2D eigenvalue weighted by molar-refractivity contribution is 0.0680. The van der Waals surface area contributed by atoms with Crippen LogP contribution < -0.4 is 5.32 Å². The Morgan fingerprint density at radius 2 is 1.74 bits per heavy atom. The van der Waals surface area contributed by atoms with Gasteiger partial charge in [-0.1, -0.05) is 49.4 Å². The Morgan fingerprint density at radius 1 is 1.06 bits per heavy atom. The minimum absolute atomic E-state index is 0. The highest BCUT2D eigenvalue weighted by molar-refractivity contribution is 6.30. The SMILES string of the molecule is C.N=C(c1ccc(C(=O)Cc2c(O)cccc2C(=O)Nc2ccc(Cl)cn2)cc1)N1CCOCC1. The van der Waals surface area contributed by atoms with Crippen LogP contribution in [-0.2, 0) is 11.2 Å². The summed E-state index contributed by atoms with van der Waals surface area (Å²) in [6.45, 7) is 2.49. The summed E-state index contributed by atoms with van der Waals surface area (Å²) in [5.41, 5.74) is 1.53. The van der Waals surface area contributed by atoms with Crippen molar-refractivity contribution in [3.8, 4) is 5.75 Å².